The van der Waals surface area contributed by atoms with E-state index in [1.54, 1.807) is 4.57 Å². The van der Waals surface area contributed by atoms with Crippen LogP contribution < -0.4 is 5.76 Å². The van der Waals surface area contributed by atoms with E-state index < -0.39 is 0 Å². The molecule has 130 valence electrons. The highest BCUT2D eigenvalue weighted by molar-refractivity contribution is 7.10. The second-order valence-electron chi connectivity index (χ2n) is 6.58. The average molecular weight is 362 g/mol. The quantitative estimate of drug-likeness (QED) is 0.546. The van der Waals surface area contributed by atoms with E-state index in [0.717, 1.165) is 18.5 Å². The van der Waals surface area contributed by atoms with Crippen LogP contribution in [0.5, 0.6) is 0 Å². The van der Waals surface area contributed by atoms with Crippen LogP contribution in [0.2, 0.25) is 0 Å². The maximum absolute atomic E-state index is 12.4. The Morgan fingerprint density at radius 3 is 2.73 bits per heavy atom. The summed E-state index contributed by atoms with van der Waals surface area (Å²) in [6, 6.07) is 20.5. The molecule has 1 unspecified atom stereocenters. The lowest BCUT2D eigenvalue weighted by molar-refractivity contribution is 0.163. The van der Waals surface area contributed by atoms with E-state index in [1.807, 2.05) is 41.7 Å². The summed E-state index contributed by atoms with van der Waals surface area (Å²) < 4.78 is 7.16. The van der Waals surface area contributed by atoms with Crippen molar-refractivity contribution in [3.05, 3.63) is 92.6 Å². The molecule has 2 aromatic carbocycles. The third kappa shape index (κ3) is 2.52. The van der Waals surface area contributed by atoms with Gasteiger partial charge in [-0.3, -0.25) is 9.47 Å². The lowest BCUT2D eigenvalue weighted by atomic mass is 9.94. The number of para-hydroxylation sites is 2. The number of thiophene rings is 1. The van der Waals surface area contributed by atoms with Crippen molar-refractivity contribution in [1.29, 1.82) is 0 Å². The van der Waals surface area contributed by atoms with Crippen molar-refractivity contribution in [2.45, 2.75) is 19.1 Å². The normalized spacial score (nSPS) is 17.5. The molecule has 5 rings (SSSR count). The standard InChI is InChI=1S/C21H18N2O2S/c24-21-23(17-8-4-5-9-18(17)25-21)14-22-12-10-19-16(11-13-26-19)20(22)15-6-2-1-3-7-15/h1-9,11,13,20H,10,12,14H2. The fraction of sp³-hybridized carbons (Fsp3) is 0.190. The van der Waals surface area contributed by atoms with Gasteiger partial charge < -0.3 is 4.42 Å². The van der Waals surface area contributed by atoms with Crippen LogP contribution in [0.25, 0.3) is 11.1 Å². The molecule has 0 saturated carbocycles. The Labute approximate surface area is 154 Å². The van der Waals surface area contributed by atoms with Crippen LogP contribution in [-0.2, 0) is 13.1 Å². The van der Waals surface area contributed by atoms with Crippen LogP contribution in [0, 0.1) is 0 Å². The second kappa shape index (κ2) is 6.27. The lowest BCUT2D eigenvalue weighted by Gasteiger charge is -2.36. The molecule has 4 nitrogen and oxygen atoms in total. The molecule has 2 aromatic heterocycles. The van der Waals surface area contributed by atoms with Crippen molar-refractivity contribution in [1.82, 2.24) is 9.47 Å². The van der Waals surface area contributed by atoms with Crippen molar-refractivity contribution in [2.75, 3.05) is 6.54 Å². The Kier molecular flexibility index (Phi) is 3.76. The molecule has 5 heteroatoms. The average Bonchev–Trinajstić information content (AvgIpc) is 3.27. The zero-order chi connectivity index (χ0) is 17.5. The smallest absolute Gasteiger partial charge is 0.408 e. The molecular weight excluding hydrogens is 344 g/mol. The van der Waals surface area contributed by atoms with E-state index >= 15 is 0 Å². The first-order valence-electron chi connectivity index (χ1n) is 8.75. The third-order valence-corrected chi connectivity index (χ3v) is 6.07. The van der Waals surface area contributed by atoms with Gasteiger partial charge >= 0.3 is 5.76 Å². The lowest BCUT2D eigenvalue weighted by Crippen LogP contribution is -2.38. The minimum Gasteiger partial charge on any atom is -0.408 e. The largest absolute Gasteiger partial charge is 0.421 e. The fourth-order valence-corrected chi connectivity index (χ4v) is 4.78. The molecule has 0 spiro atoms. The first-order valence-corrected chi connectivity index (χ1v) is 9.63. The number of hydrogen-bond acceptors (Lipinski definition) is 4. The minimum absolute atomic E-state index is 0.159. The molecule has 3 heterocycles. The molecule has 0 radical (unpaired) electrons. The zero-order valence-corrected chi connectivity index (χ0v) is 15.0. The van der Waals surface area contributed by atoms with E-state index in [4.69, 9.17) is 4.42 Å². The van der Waals surface area contributed by atoms with Crippen molar-refractivity contribution in [3.63, 3.8) is 0 Å². The van der Waals surface area contributed by atoms with E-state index in [1.165, 1.54) is 16.0 Å². The molecule has 0 N–H and O–H groups in total. The number of benzene rings is 2. The monoisotopic (exact) mass is 362 g/mol. The van der Waals surface area contributed by atoms with E-state index in [9.17, 15) is 4.79 Å². The maximum Gasteiger partial charge on any atom is 0.421 e. The summed E-state index contributed by atoms with van der Waals surface area (Å²) in [6.07, 6.45) is 1.01. The third-order valence-electron chi connectivity index (χ3n) is 5.08. The summed E-state index contributed by atoms with van der Waals surface area (Å²) >= 11 is 1.83. The van der Waals surface area contributed by atoms with Crippen molar-refractivity contribution in [2.24, 2.45) is 0 Å². The Morgan fingerprint density at radius 1 is 1.04 bits per heavy atom. The molecule has 1 aliphatic heterocycles. The highest BCUT2D eigenvalue weighted by Gasteiger charge is 2.30. The molecule has 0 aliphatic carbocycles. The van der Waals surface area contributed by atoms with Crippen molar-refractivity contribution >= 4 is 22.4 Å². The SMILES string of the molecule is O=c1oc2ccccc2n1CN1CCc2sccc2C1c1ccccc1. The van der Waals surface area contributed by atoms with Gasteiger partial charge in [0, 0.05) is 11.4 Å². The molecule has 0 amide bonds. The van der Waals surface area contributed by atoms with E-state index in [-0.39, 0.29) is 11.8 Å². The predicted molar refractivity (Wildman–Crippen MR) is 103 cm³/mol. The molecule has 0 fully saturated rings. The highest BCUT2D eigenvalue weighted by atomic mass is 32.1. The maximum atomic E-state index is 12.4. The Balaban J connectivity index is 1.59. The summed E-state index contributed by atoms with van der Waals surface area (Å²) in [4.78, 5) is 16.2. The Hall–Kier alpha value is -2.63. The van der Waals surface area contributed by atoms with Gasteiger partial charge in [0.05, 0.1) is 18.2 Å². The van der Waals surface area contributed by atoms with Gasteiger partial charge in [0.25, 0.3) is 0 Å². The van der Waals surface area contributed by atoms with Crippen LogP contribution in [0.4, 0.5) is 0 Å². The fourth-order valence-electron chi connectivity index (χ4n) is 3.88. The van der Waals surface area contributed by atoms with Crippen molar-refractivity contribution in [3.8, 4) is 0 Å². The van der Waals surface area contributed by atoms with Gasteiger partial charge in [0.1, 0.15) is 0 Å². The van der Waals surface area contributed by atoms with Crippen LogP contribution in [0.15, 0.2) is 75.3 Å². The zero-order valence-electron chi connectivity index (χ0n) is 14.2. The minimum atomic E-state index is -0.297. The van der Waals surface area contributed by atoms with Crippen LogP contribution >= 0.6 is 11.3 Å². The molecule has 1 atom stereocenters. The Morgan fingerprint density at radius 2 is 1.85 bits per heavy atom. The predicted octanol–water partition coefficient (Wildman–Crippen LogP) is 4.26. The summed E-state index contributed by atoms with van der Waals surface area (Å²) in [7, 11) is 0. The number of oxazole rings is 1. The number of aromatic nitrogens is 1. The summed E-state index contributed by atoms with van der Waals surface area (Å²) in [5, 5.41) is 2.17. The molecule has 4 aromatic rings. The van der Waals surface area contributed by atoms with Gasteiger partial charge in [-0.2, -0.15) is 0 Å². The van der Waals surface area contributed by atoms with Gasteiger partial charge in [-0.1, -0.05) is 42.5 Å². The number of rotatable bonds is 3. The summed E-state index contributed by atoms with van der Waals surface area (Å²) in [6.45, 7) is 1.43. The van der Waals surface area contributed by atoms with Crippen LogP contribution in [-0.4, -0.2) is 16.0 Å². The summed E-state index contributed by atoms with van der Waals surface area (Å²) in [5.74, 6) is -0.297. The van der Waals surface area contributed by atoms with Gasteiger partial charge in [-0.15, -0.1) is 11.3 Å². The molecule has 0 bridgehead atoms. The first-order chi connectivity index (χ1) is 12.8. The number of hydrogen-bond donors (Lipinski definition) is 0. The highest BCUT2D eigenvalue weighted by Crippen LogP contribution is 2.38. The Bertz CT molecular complexity index is 1110. The van der Waals surface area contributed by atoms with Gasteiger partial charge in [-0.05, 0) is 41.1 Å². The topological polar surface area (TPSA) is 38.4 Å². The molecule has 1 aliphatic rings. The first kappa shape index (κ1) is 15.6. The number of nitrogens with zero attached hydrogens (tertiary/aromatic N) is 2. The van der Waals surface area contributed by atoms with E-state index in [0.29, 0.717) is 12.3 Å². The van der Waals surface area contributed by atoms with E-state index in [2.05, 4.69) is 40.6 Å². The second-order valence-corrected chi connectivity index (χ2v) is 7.58. The van der Waals surface area contributed by atoms with Gasteiger partial charge in [0.2, 0.25) is 0 Å². The van der Waals surface area contributed by atoms with Gasteiger partial charge in [-0.25, -0.2) is 4.79 Å². The van der Waals surface area contributed by atoms with Crippen molar-refractivity contribution < 1.29 is 4.42 Å². The molecular formula is C21H18N2O2S. The molecule has 0 saturated heterocycles. The number of fused-ring (bicyclic) bond motifs is 2. The molecule has 26 heavy (non-hydrogen) atoms. The van der Waals surface area contributed by atoms with Gasteiger partial charge in [0.15, 0.2) is 5.58 Å². The van der Waals surface area contributed by atoms with Crippen LogP contribution in [0.1, 0.15) is 22.0 Å². The van der Waals surface area contributed by atoms with Crippen LogP contribution in [0.3, 0.4) is 0 Å². The summed E-state index contributed by atoms with van der Waals surface area (Å²) in [5.41, 5.74) is 4.10.